The van der Waals surface area contributed by atoms with Crippen molar-refractivity contribution >= 4 is 29.2 Å². The third-order valence-electron chi connectivity index (χ3n) is 2.69. The van der Waals surface area contributed by atoms with Gasteiger partial charge in [-0.25, -0.2) is 0 Å². The van der Waals surface area contributed by atoms with Crippen LogP contribution in [0, 0.1) is 5.41 Å². The molecule has 1 aromatic carbocycles. The number of nitrogens with two attached hydrogens (primary N) is 1. The van der Waals surface area contributed by atoms with Crippen molar-refractivity contribution in [3.05, 3.63) is 33.8 Å². The van der Waals surface area contributed by atoms with Crippen molar-refractivity contribution in [3.8, 4) is 0 Å². The number of hydrogen-bond acceptors (Lipinski definition) is 3. The monoisotopic (exact) mass is 303 g/mol. The molecule has 0 aliphatic rings. The van der Waals surface area contributed by atoms with Gasteiger partial charge in [-0.2, -0.15) is 0 Å². The van der Waals surface area contributed by atoms with Gasteiger partial charge in [-0.3, -0.25) is 4.79 Å². The molecule has 0 fully saturated rings. The van der Waals surface area contributed by atoms with Crippen LogP contribution in [-0.2, 0) is 15.1 Å². The second-order valence-electron chi connectivity index (χ2n) is 5.87. The van der Waals surface area contributed by atoms with Crippen LogP contribution in [0.2, 0.25) is 10.0 Å². The summed E-state index contributed by atoms with van der Waals surface area (Å²) in [5.41, 5.74) is 5.58. The van der Waals surface area contributed by atoms with Gasteiger partial charge in [0.1, 0.15) is 6.61 Å². The summed E-state index contributed by atoms with van der Waals surface area (Å²) < 4.78 is 5.26. The van der Waals surface area contributed by atoms with Crippen LogP contribution in [-0.4, -0.2) is 12.6 Å². The van der Waals surface area contributed by atoms with Gasteiger partial charge in [0, 0.05) is 0 Å². The first-order valence-corrected chi connectivity index (χ1v) is 6.71. The first-order valence-electron chi connectivity index (χ1n) is 5.96. The van der Waals surface area contributed by atoms with Crippen LogP contribution in [0.5, 0.6) is 0 Å². The van der Waals surface area contributed by atoms with Crippen molar-refractivity contribution < 1.29 is 9.53 Å². The molecule has 0 saturated carbocycles. The number of halogens is 2. The highest BCUT2D eigenvalue weighted by molar-refractivity contribution is 6.42. The summed E-state index contributed by atoms with van der Waals surface area (Å²) in [6.07, 6.45) is 0. The highest BCUT2D eigenvalue weighted by Gasteiger charge is 2.28. The van der Waals surface area contributed by atoms with Crippen LogP contribution in [0.25, 0.3) is 0 Å². The lowest BCUT2D eigenvalue weighted by molar-refractivity contribution is -0.154. The lowest BCUT2D eigenvalue weighted by Gasteiger charge is -2.27. The lowest BCUT2D eigenvalue weighted by Crippen LogP contribution is -2.40. The minimum Gasteiger partial charge on any atom is -0.463 e. The summed E-state index contributed by atoms with van der Waals surface area (Å²) in [5, 5.41) is 0.894. The molecule has 106 valence electrons. The average molecular weight is 304 g/mol. The summed E-state index contributed by atoms with van der Waals surface area (Å²) in [5.74, 6) is -0.288. The van der Waals surface area contributed by atoms with Crippen LogP contribution < -0.4 is 5.73 Å². The van der Waals surface area contributed by atoms with Crippen LogP contribution in [0.4, 0.5) is 0 Å². The van der Waals surface area contributed by atoms with E-state index in [2.05, 4.69) is 0 Å². The van der Waals surface area contributed by atoms with Gasteiger partial charge in [-0.1, -0.05) is 29.3 Å². The highest BCUT2D eigenvalue weighted by atomic mass is 35.5. The van der Waals surface area contributed by atoms with Crippen LogP contribution in [0.15, 0.2) is 18.2 Å². The maximum Gasteiger partial charge on any atom is 0.311 e. The molecule has 0 heterocycles. The molecule has 2 N–H and O–H groups in total. The molecule has 19 heavy (non-hydrogen) atoms. The fourth-order valence-corrected chi connectivity index (χ4v) is 1.66. The summed E-state index contributed by atoms with van der Waals surface area (Å²) in [6.45, 7) is 7.25. The van der Waals surface area contributed by atoms with E-state index in [1.807, 2.05) is 0 Å². The number of rotatable bonds is 3. The van der Waals surface area contributed by atoms with Gasteiger partial charge in [0.05, 0.1) is 21.0 Å². The third kappa shape index (κ3) is 4.37. The maximum atomic E-state index is 11.7. The zero-order chi connectivity index (χ0) is 14.8. The molecule has 5 heteroatoms. The Morgan fingerprint density at radius 1 is 1.21 bits per heavy atom. The van der Waals surface area contributed by atoms with E-state index in [0.29, 0.717) is 10.0 Å². The molecule has 0 radical (unpaired) electrons. The Hall–Kier alpha value is -0.770. The Morgan fingerprint density at radius 2 is 1.79 bits per heavy atom. The van der Waals surface area contributed by atoms with Crippen molar-refractivity contribution in [2.24, 2.45) is 11.1 Å². The van der Waals surface area contributed by atoms with Gasteiger partial charge < -0.3 is 10.5 Å². The van der Waals surface area contributed by atoms with Crippen LogP contribution in [0.1, 0.15) is 33.3 Å². The van der Waals surface area contributed by atoms with Crippen molar-refractivity contribution in [2.45, 2.75) is 33.2 Å². The zero-order valence-electron chi connectivity index (χ0n) is 11.6. The Labute approximate surface area is 124 Å². The third-order valence-corrected chi connectivity index (χ3v) is 3.43. The number of benzene rings is 1. The second kappa shape index (κ2) is 5.70. The van der Waals surface area contributed by atoms with Gasteiger partial charge in [0.25, 0.3) is 0 Å². The molecule has 0 spiro atoms. The average Bonchev–Trinajstić information content (AvgIpc) is 2.28. The molecular formula is C14H19Cl2NO2. The van der Waals surface area contributed by atoms with E-state index in [1.54, 1.807) is 45.9 Å². The fourth-order valence-electron chi connectivity index (χ4n) is 1.37. The minimum absolute atomic E-state index is 0.0844. The number of ether oxygens (including phenoxy) is 1. The molecule has 0 aliphatic heterocycles. The van der Waals surface area contributed by atoms with Crippen LogP contribution in [0.3, 0.4) is 0 Å². The van der Waals surface area contributed by atoms with Gasteiger partial charge in [-0.05, 0) is 45.4 Å². The number of hydrogen-bond donors (Lipinski definition) is 1. The second-order valence-corrected chi connectivity index (χ2v) is 6.69. The van der Waals surface area contributed by atoms with Gasteiger partial charge in [0.15, 0.2) is 0 Å². The summed E-state index contributed by atoms with van der Waals surface area (Å²) in [7, 11) is 0. The van der Waals surface area contributed by atoms with Gasteiger partial charge in [-0.15, -0.1) is 0 Å². The Balaban J connectivity index is 2.81. The normalized spacial score (nSPS) is 14.9. The predicted octanol–water partition coefficient (Wildman–Crippen LogP) is 3.76. The SMILES string of the molecule is CC(C)(C)C(=O)OCC(C)(N)c1ccc(Cl)c(Cl)c1. The largest absolute Gasteiger partial charge is 0.463 e. The molecule has 0 aliphatic carbocycles. The van der Waals surface area contributed by atoms with E-state index >= 15 is 0 Å². The van der Waals surface area contributed by atoms with Crippen molar-refractivity contribution in [1.82, 2.24) is 0 Å². The molecule has 1 rings (SSSR count). The van der Waals surface area contributed by atoms with Crippen molar-refractivity contribution in [2.75, 3.05) is 6.61 Å². The summed E-state index contributed by atoms with van der Waals surface area (Å²) >= 11 is 11.8. The Morgan fingerprint density at radius 3 is 2.26 bits per heavy atom. The molecule has 1 unspecified atom stereocenters. The highest BCUT2D eigenvalue weighted by Crippen LogP contribution is 2.28. The number of carbonyl (C=O) groups excluding carboxylic acids is 1. The zero-order valence-corrected chi connectivity index (χ0v) is 13.1. The molecule has 0 bridgehead atoms. The molecule has 1 atom stereocenters. The molecule has 0 saturated heterocycles. The summed E-state index contributed by atoms with van der Waals surface area (Å²) in [4.78, 5) is 11.7. The summed E-state index contributed by atoms with van der Waals surface area (Å²) in [6, 6.07) is 5.14. The van der Waals surface area contributed by atoms with E-state index in [0.717, 1.165) is 5.56 Å². The van der Waals surface area contributed by atoms with Crippen molar-refractivity contribution in [1.29, 1.82) is 0 Å². The maximum absolute atomic E-state index is 11.7. The smallest absolute Gasteiger partial charge is 0.311 e. The van der Waals surface area contributed by atoms with E-state index < -0.39 is 11.0 Å². The minimum atomic E-state index is -0.810. The first kappa shape index (κ1) is 16.3. The fraction of sp³-hybridized carbons (Fsp3) is 0.500. The molecule has 3 nitrogen and oxygen atoms in total. The van der Waals surface area contributed by atoms with Gasteiger partial charge >= 0.3 is 5.97 Å². The molecule has 1 aromatic rings. The van der Waals surface area contributed by atoms with E-state index in [4.69, 9.17) is 33.7 Å². The van der Waals surface area contributed by atoms with Gasteiger partial charge in [0.2, 0.25) is 0 Å². The van der Waals surface area contributed by atoms with Crippen LogP contribution >= 0.6 is 23.2 Å². The molecule has 0 aromatic heterocycles. The van der Waals surface area contributed by atoms with E-state index in [-0.39, 0.29) is 12.6 Å². The Bertz CT molecular complexity index is 479. The van der Waals surface area contributed by atoms with Crippen molar-refractivity contribution in [3.63, 3.8) is 0 Å². The standard InChI is InChI=1S/C14H19Cl2NO2/c1-13(2,3)12(18)19-8-14(4,17)9-5-6-10(15)11(16)7-9/h5-7H,8,17H2,1-4H3. The predicted molar refractivity (Wildman–Crippen MR) is 78.4 cm³/mol. The molecular weight excluding hydrogens is 285 g/mol. The van der Waals surface area contributed by atoms with E-state index in [1.165, 1.54) is 0 Å². The lowest BCUT2D eigenvalue weighted by atomic mass is 9.93. The topological polar surface area (TPSA) is 52.3 Å². The number of esters is 1. The number of carbonyl (C=O) groups is 1. The Kier molecular flexibility index (Phi) is 4.88. The molecule has 0 amide bonds. The first-order chi connectivity index (χ1) is 8.54. The van der Waals surface area contributed by atoms with E-state index in [9.17, 15) is 4.79 Å². The quantitative estimate of drug-likeness (QED) is 0.865.